The largest absolute Gasteiger partial charge is 0.303 e. The van der Waals surface area contributed by atoms with Gasteiger partial charge in [0.15, 0.2) is 0 Å². The minimum atomic E-state index is 0.751. The summed E-state index contributed by atoms with van der Waals surface area (Å²) in [6.07, 6.45) is 7.18. The van der Waals surface area contributed by atoms with Crippen LogP contribution < -0.4 is 0 Å². The average Bonchev–Trinajstić information content (AvgIpc) is 2.81. The first-order valence-corrected chi connectivity index (χ1v) is 8.15. The van der Waals surface area contributed by atoms with E-state index in [0.717, 1.165) is 17.9 Å². The Labute approximate surface area is 114 Å². The molecule has 2 aliphatic heterocycles. The molecule has 0 aromatic carbocycles. The summed E-state index contributed by atoms with van der Waals surface area (Å²) in [5.74, 6) is 2.02. The summed E-state index contributed by atoms with van der Waals surface area (Å²) in [5, 5.41) is 0. The number of nitrogens with zero attached hydrogens (tertiary/aromatic N) is 2. The van der Waals surface area contributed by atoms with Gasteiger partial charge < -0.3 is 9.80 Å². The van der Waals surface area contributed by atoms with E-state index in [9.17, 15) is 0 Å². The highest BCUT2D eigenvalue weighted by atomic mass is 15.2. The second kappa shape index (κ2) is 6.91. The maximum Gasteiger partial charge on any atom is 0.00387 e. The predicted molar refractivity (Wildman–Crippen MR) is 78.9 cm³/mol. The SMILES string of the molecule is CCCN1CCC(CC2CCN(C(C)C)C2)CC1. The van der Waals surface area contributed by atoms with Crippen LogP contribution in [0.25, 0.3) is 0 Å². The molecule has 18 heavy (non-hydrogen) atoms. The van der Waals surface area contributed by atoms with Gasteiger partial charge in [0, 0.05) is 12.6 Å². The van der Waals surface area contributed by atoms with Crippen LogP contribution >= 0.6 is 0 Å². The standard InChI is InChI=1S/C16H32N2/c1-4-8-17-9-5-15(6-10-17)12-16-7-11-18(13-16)14(2)3/h14-16H,4-13H2,1-3H3. The maximum atomic E-state index is 2.66. The van der Waals surface area contributed by atoms with Gasteiger partial charge in [-0.25, -0.2) is 0 Å². The lowest BCUT2D eigenvalue weighted by atomic mass is 9.87. The molecule has 106 valence electrons. The second-order valence-corrected chi connectivity index (χ2v) is 6.76. The van der Waals surface area contributed by atoms with Crippen molar-refractivity contribution in [1.29, 1.82) is 0 Å². The monoisotopic (exact) mass is 252 g/mol. The zero-order valence-corrected chi connectivity index (χ0v) is 12.7. The molecule has 2 saturated heterocycles. The summed E-state index contributed by atoms with van der Waals surface area (Å²) in [4.78, 5) is 5.32. The Bertz CT molecular complexity index is 231. The highest BCUT2D eigenvalue weighted by Crippen LogP contribution is 2.30. The Morgan fingerprint density at radius 1 is 1.00 bits per heavy atom. The van der Waals surface area contributed by atoms with Crippen molar-refractivity contribution >= 4 is 0 Å². The van der Waals surface area contributed by atoms with Crippen molar-refractivity contribution < 1.29 is 0 Å². The third-order valence-electron chi connectivity index (χ3n) is 4.96. The fourth-order valence-electron chi connectivity index (χ4n) is 3.76. The zero-order chi connectivity index (χ0) is 13.0. The maximum absolute atomic E-state index is 2.66. The Hall–Kier alpha value is -0.0800. The Balaban J connectivity index is 1.66. The summed E-state index contributed by atoms with van der Waals surface area (Å²) in [6, 6.07) is 0.751. The first kappa shape index (κ1) is 14.3. The van der Waals surface area contributed by atoms with Crippen molar-refractivity contribution in [2.45, 2.75) is 58.9 Å². The van der Waals surface area contributed by atoms with Gasteiger partial charge >= 0.3 is 0 Å². The van der Waals surface area contributed by atoms with Crippen LogP contribution in [-0.2, 0) is 0 Å². The van der Waals surface area contributed by atoms with E-state index in [1.807, 2.05) is 0 Å². The fraction of sp³-hybridized carbons (Fsp3) is 1.00. The molecular weight excluding hydrogens is 220 g/mol. The van der Waals surface area contributed by atoms with E-state index in [2.05, 4.69) is 30.6 Å². The van der Waals surface area contributed by atoms with Crippen LogP contribution in [-0.4, -0.2) is 48.6 Å². The normalized spacial score (nSPS) is 28.3. The molecule has 1 unspecified atom stereocenters. The van der Waals surface area contributed by atoms with E-state index in [0.29, 0.717) is 0 Å². The lowest BCUT2D eigenvalue weighted by Gasteiger charge is -2.33. The van der Waals surface area contributed by atoms with Crippen LogP contribution in [0, 0.1) is 11.8 Å². The molecule has 2 rings (SSSR count). The molecule has 1 atom stereocenters. The Morgan fingerprint density at radius 2 is 1.67 bits per heavy atom. The molecule has 0 saturated carbocycles. The van der Waals surface area contributed by atoms with Gasteiger partial charge in [0.25, 0.3) is 0 Å². The molecule has 0 radical (unpaired) electrons. The van der Waals surface area contributed by atoms with Gasteiger partial charge in [-0.15, -0.1) is 0 Å². The number of hydrogen-bond donors (Lipinski definition) is 0. The van der Waals surface area contributed by atoms with Gasteiger partial charge in [-0.3, -0.25) is 0 Å². The average molecular weight is 252 g/mol. The molecular formula is C16H32N2. The predicted octanol–water partition coefficient (Wildman–Crippen LogP) is 3.23. The van der Waals surface area contributed by atoms with Gasteiger partial charge in [0.1, 0.15) is 0 Å². The number of rotatable bonds is 5. The fourth-order valence-corrected chi connectivity index (χ4v) is 3.76. The van der Waals surface area contributed by atoms with Crippen LogP contribution in [0.3, 0.4) is 0 Å². The molecule has 2 heteroatoms. The van der Waals surface area contributed by atoms with Crippen LogP contribution in [0.5, 0.6) is 0 Å². The summed E-state index contributed by atoms with van der Waals surface area (Å²) >= 11 is 0. The molecule has 0 aromatic heterocycles. The summed E-state index contributed by atoms with van der Waals surface area (Å²) in [5.41, 5.74) is 0. The molecule has 0 bridgehead atoms. The van der Waals surface area contributed by atoms with E-state index in [4.69, 9.17) is 0 Å². The number of likely N-dealkylation sites (tertiary alicyclic amines) is 2. The Morgan fingerprint density at radius 3 is 2.22 bits per heavy atom. The number of piperidine rings is 1. The molecule has 0 spiro atoms. The lowest BCUT2D eigenvalue weighted by Crippen LogP contribution is -2.35. The minimum Gasteiger partial charge on any atom is -0.303 e. The zero-order valence-electron chi connectivity index (χ0n) is 12.7. The van der Waals surface area contributed by atoms with Gasteiger partial charge in [-0.05, 0) is 84.0 Å². The van der Waals surface area contributed by atoms with Crippen molar-refractivity contribution in [3.8, 4) is 0 Å². The Kier molecular flexibility index (Phi) is 5.50. The van der Waals surface area contributed by atoms with E-state index >= 15 is 0 Å². The second-order valence-electron chi connectivity index (χ2n) is 6.76. The van der Waals surface area contributed by atoms with Crippen LogP contribution in [0.4, 0.5) is 0 Å². The highest BCUT2D eigenvalue weighted by molar-refractivity contribution is 4.81. The van der Waals surface area contributed by atoms with Crippen LogP contribution in [0.15, 0.2) is 0 Å². The molecule has 2 fully saturated rings. The van der Waals surface area contributed by atoms with Gasteiger partial charge in [-0.1, -0.05) is 6.92 Å². The quantitative estimate of drug-likeness (QED) is 0.741. The molecule has 0 N–H and O–H groups in total. The summed E-state index contributed by atoms with van der Waals surface area (Å²) in [6.45, 7) is 13.7. The molecule has 0 aliphatic carbocycles. The van der Waals surface area contributed by atoms with Crippen LogP contribution in [0.1, 0.15) is 52.9 Å². The van der Waals surface area contributed by atoms with Crippen molar-refractivity contribution in [3.05, 3.63) is 0 Å². The molecule has 2 aliphatic rings. The van der Waals surface area contributed by atoms with Gasteiger partial charge in [0.05, 0.1) is 0 Å². The van der Waals surface area contributed by atoms with E-state index in [1.165, 1.54) is 64.8 Å². The smallest absolute Gasteiger partial charge is 0.00387 e. The summed E-state index contributed by atoms with van der Waals surface area (Å²) < 4.78 is 0. The number of hydrogen-bond acceptors (Lipinski definition) is 2. The van der Waals surface area contributed by atoms with Crippen molar-refractivity contribution in [2.24, 2.45) is 11.8 Å². The van der Waals surface area contributed by atoms with Crippen LogP contribution in [0.2, 0.25) is 0 Å². The lowest BCUT2D eigenvalue weighted by molar-refractivity contribution is 0.165. The van der Waals surface area contributed by atoms with Crippen molar-refractivity contribution in [1.82, 2.24) is 9.80 Å². The van der Waals surface area contributed by atoms with E-state index in [-0.39, 0.29) is 0 Å². The highest BCUT2D eigenvalue weighted by Gasteiger charge is 2.28. The molecule has 2 heterocycles. The molecule has 2 nitrogen and oxygen atoms in total. The first-order valence-electron chi connectivity index (χ1n) is 8.15. The topological polar surface area (TPSA) is 6.48 Å². The van der Waals surface area contributed by atoms with Crippen molar-refractivity contribution in [3.63, 3.8) is 0 Å². The third-order valence-corrected chi connectivity index (χ3v) is 4.96. The molecule has 0 aromatic rings. The first-order chi connectivity index (χ1) is 8.69. The third kappa shape index (κ3) is 3.96. The van der Waals surface area contributed by atoms with Crippen molar-refractivity contribution in [2.75, 3.05) is 32.7 Å². The minimum absolute atomic E-state index is 0.751. The van der Waals surface area contributed by atoms with E-state index in [1.54, 1.807) is 0 Å². The van der Waals surface area contributed by atoms with Gasteiger partial charge in [-0.2, -0.15) is 0 Å². The van der Waals surface area contributed by atoms with Gasteiger partial charge in [0.2, 0.25) is 0 Å². The van der Waals surface area contributed by atoms with E-state index < -0.39 is 0 Å². The molecule has 0 amide bonds. The summed E-state index contributed by atoms with van der Waals surface area (Å²) in [7, 11) is 0.